The molecule has 0 unspecified atom stereocenters. The zero-order chi connectivity index (χ0) is 16.2. The van der Waals surface area contributed by atoms with Gasteiger partial charge in [0.15, 0.2) is 0 Å². The summed E-state index contributed by atoms with van der Waals surface area (Å²) in [5.74, 6) is 0.429. The van der Waals surface area contributed by atoms with Crippen LogP contribution in [0.4, 0.5) is 13.2 Å². The first-order valence-electron chi connectivity index (χ1n) is 6.64. The zero-order valence-corrected chi connectivity index (χ0v) is 12.0. The van der Waals surface area contributed by atoms with Gasteiger partial charge in [0.1, 0.15) is 18.1 Å². The van der Waals surface area contributed by atoms with Crippen molar-refractivity contribution in [3.8, 4) is 22.6 Å². The van der Waals surface area contributed by atoms with Crippen molar-refractivity contribution in [2.75, 3.05) is 20.3 Å². The van der Waals surface area contributed by atoms with Gasteiger partial charge in [0, 0.05) is 6.54 Å². The normalized spacial score (nSPS) is 11.3. The number of methoxy groups -OCH3 is 1. The third-order valence-corrected chi connectivity index (χ3v) is 3.08. The number of rotatable bonds is 5. The molecule has 0 aromatic heterocycles. The minimum absolute atomic E-state index is 0.0327. The number of ether oxygens (including phenoxy) is 2. The van der Waals surface area contributed by atoms with Crippen LogP contribution >= 0.6 is 0 Å². The van der Waals surface area contributed by atoms with E-state index in [0.717, 1.165) is 6.07 Å². The average Bonchev–Trinajstić information content (AvgIpc) is 2.52. The fraction of sp³-hybridized carbons (Fsp3) is 0.250. The largest absolute Gasteiger partial charge is 0.497 e. The predicted octanol–water partition coefficient (Wildman–Crippen LogP) is 3.72. The topological polar surface area (TPSA) is 44.5 Å². The molecule has 0 saturated carbocycles. The van der Waals surface area contributed by atoms with E-state index in [1.54, 1.807) is 30.3 Å². The number of benzene rings is 2. The number of hydrogen-bond donors (Lipinski definition) is 1. The van der Waals surface area contributed by atoms with Gasteiger partial charge in [-0.05, 0) is 35.4 Å². The van der Waals surface area contributed by atoms with Crippen LogP contribution in [0.3, 0.4) is 0 Å². The van der Waals surface area contributed by atoms with Crippen LogP contribution in [0.15, 0.2) is 42.5 Å². The van der Waals surface area contributed by atoms with Gasteiger partial charge in [-0.25, -0.2) is 0 Å². The quantitative estimate of drug-likeness (QED) is 0.915. The van der Waals surface area contributed by atoms with Crippen LogP contribution in [0.2, 0.25) is 0 Å². The molecule has 0 aliphatic rings. The Morgan fingerprint density at radius 2 is 1.64 bits per heavy atom. The highest BCUT2D eigenvalue weighted by Gasteiger charge is 2.34. The van der Waals surface area contributed by atoms with Crippen LogP contribution in [0, 0.1) is 0 Å². The van der Waals surface area contributed by atoms with E-state index in [0.29, 0.717) is 16.9 Å². The molecular formula is C16H16F3NO2. The van der Waals surface area contributed by atoms with E-state index in [-0.39, 0.29) is 18.9 Å². The van der Waals surface area contributed by atoms with Crippen LogP contribution in [-0.4, -0.2) is 20.3 Å². The molecule has 0 aliphatic carbocycles. The second-order valence-corrected chi connectivity index (χ2v) is 4.57. The Labute approximate surface area is 126 Å². The summed E-state index contributed by atoms with van der Waals surface area (Å²) >= 11 is 0. The Morgan fingerprint density at radius 3 is 2.18 bits per heavy atom. The molecule has 6 heteroatoms. The molecule has 0 fully saturated rings. The Bertz CT molecular complexity index is 624. The third-order valence-electron chi connectivity index (χ3n) is 3.08. The summed E-state index contributed by atoms with van der Waals surface area (Å²) in [4.78, 5) is 0. The van der Waals surface area contributed by atoms with Crippen molar-refractivity contribution >= 4 is 0 Å². The van der Waals surface area contributed by atoms with E-state index in [1.165, 1.54) is 13.2 Å². The van der Waals surface area contributed by atoms with Crippen molar-refractivity contribution in [3.63, 3.8) is 0 Å². The molecule has 0 spiro atoms. The monoisotopic (exact) mass is 311 g/mol. The van der Waals surface area contributed by atoms with Crippen LogP contribution in [0.5, 0.6) is 11.5 Å². The van der Waals surface area contributed by atoms with Crippen molar-refractivity contribution < 1.29 is 22.6 Å². The van der Waals surface area contributed by atoms with Crippen molar-refractivity contribution in [1.29, 1.82) is 0 Å². The lowest BCUT2D eigenvalue weighted by Gasteiger charge is -2.15. The van der Waals surface area contributed by atoms with Crippen LogP contribution in [0.1, 0.15) is 5.56 Å². The molecule has 0 bridgehead atoms. The first-order chi connectivity index (χ1) is 10.5. The molecular weight excluding hydrogens is 295 g/mol. The molecule has 118 valence electrons. The Hall–Kier alpha value is -2.21. The fourth-order valence-electron chi connectivity index (χ4n) is 2.01. The molecule has 22 heavy (non-hydrogen) atoms. The molecule has 0 heterocycles. The Balaban J connectivity index is 2.40. The maximum Gasteiger partial charge on any atom is 0.419 e. The van der Waals surface area contributed by atoms with Gasteiger partial charge in [0.25, 0.3) is 0 Å². The Kier molecular flexibility index (Phi) is 4.92. The first kappa shape index (κ1) is 16.2. The predicted molar refractivity (Wildman–Crippen MR) is 78.0 cm³/mol. The maximum atomic E-state index is 13.2. The molecule has 2 aromatic rings. The summed E-state index contributed by atoms with van der Waals surface area (Å²) in [6.07, 6.45) is -4.49. The van der Waals surface area contributed by atoms with Crippen LogP contribution in [0.25, 0.3) is 11.1 Å². The van der Waals surface area contributed by atoms with E-state index in [2.05, 4.69) is 0 Å². The highest BCUT2D eigenvalue weighted by atomic mass is 19.4. The Morgan fingerprint density at radius 1 is 1.00 bits per heavy atom. The minimum atomic E-state index is -4.49. The second kappa shape index (κ2) is 6.70. The van der Waals surface area contributed by atoms with E-state index < -0.39 is 11.7 Å². The molecule has 2 aromatic carbocycles. The van der Waals surface area contributed by atoms with Crippen LogP contribution < -0.4 is 15.2 Å². The van der Waals surface area contributed by atoms with Crippen molar-refractivity contribution in [2.45, 2.75) is 6.18 Å². The minimum Gasteiger partial charge on any atom is -0.497 e. The van der Waals surface area contributed by atoms with Crippen molar-refractivity contribution in [1.82, 2.24) is 0 Å². The van der Waals surface area contributed by atoms with Gasteiger partial charge < -0.3 is 15.2 Å². The van der Waals surface area contributed by atoms with E-state index in [4.69, 9.17) is 15.2 Å². The summed E-state index contributed by atoms with van der Waals surface area (Å²) in [7, 11) is 1.53. The van der Waals surface area contributed by atoms with Crippen molar-refractivity contribution in [2.24, 2.45) is 5.73 Å². The fourth-order valence-corrected chi connectivity index (χ4v) is 2.01. The second-order valence-electron chi connectivity index (χ2n) is 4.57. The summed E-state index contributed by atoms with van der Waals surface area (Å²) < 4.78 is 49.6. The molecule has 0 amide bonds. The van der Waals surface area contributed by atoms with Gasteiger partial charge in [0.05, 0.1) is 12.7 Å². The smallest absolute Gasteiger partial charge is 0.419 e. The molecule has 2 N–H and O–H groups in total. The highest BCUT2D eigenvalue weighted by molar-refractivity contribution is 5.66. The van der Waals surface area contributed by atoms with Crippen LogP contribution in [-0.2, 0) is 6.18 Å². The number of halogens is 3. The molecule has 2 rings (SSSR count). The highest BCUT2D eigenvalue weighted by Crippen LogP contribution is 2.39. The molecule has 0 aliphatic heterocycles. The van der Waals surface area contributed by atoms with Gasteiger partial charge in [-0.3, -0.25) is 0 Å². The third kappa shape index (κ3) is 3.71. The lowest BCUT2D eigenvalue weighted by Crippen LogP contribution is -2.14. The van der Waals surface area contributed by atoms with Gasteiger partial charge in [0.2, 0.25) is 0 Å². The maximum absolute atomic E-state index is 13.2. The summed E-state index contributed by atoms with van der Waals surface area (Å²) in [5.41, 5.74) is 5.57. The lowest BCUT2D eigenvalue weighted by molar-refractivity contribution is -0.138. The van der Waals surface area contributed by atoms with Crippen molar-refractivity contribution in [3.05, 3.63) is 48.0 Å². The molecule has 0 radical (unpaired) electrons. The van der Waals surface area contributed by atoms with E-state index in [9.17, 15) is 13.2 Å². The standard InChI is InChI=1S/C16H16F3NO2/c1-21-13-5-2-11(3-6-13)12-4-7-15(22-9-8-20)14(10-12)16(17,18)19/h2-7,10H,8-9,20H2,1H3. The number of alkyl halides is 3. The van der Waals surface area contributed by atoms with E-state index >= 15 is 0 Å². The lowest BCUT2D eigenvalue weighted by atomic mass is 10.0. The number of nitrogens with two attached hydrogens (primary N) is 1. The summed E-state index contributed by atoms with van der Waals surface area (Å²) in [6, 6.07) is 10.8. The molecule has 0 saturated heterocycles. The van der Waals surface area contributed by atoms with Gasteiger partial charge >= 0.3 is 6.18 Å². The van der Waals surface area contributed by atoms with Gasteiger partial charge in [-0.2, -0.15) is 13.2 Å². The summed E-state index contributed by atoms with van der Waals surface area (Å²) in [5, 5.41) is 0. The van der Waals surface area contributed by atoms with E-state index in [1.807, 2.05) is 0 Å². The molecule has 0 atom stereocenters. The SMILES string of the molecule is COc1ccc(-c2ccc(OCCN)c(C(F)(F)F)c2)cc1. The van der Waals surface area contributed by atoms with Gasteiger partial charge in [-0.15, -0.1) is 0 Å². The first-order valence-corrected chi connectivity index (χ1v) is 6.64. The average molecular weight is 311 g/mol. The molecule has 3 nitrogen and oxygen atoms in total. The van der Waals surface area contributed by atoms with Gasteiger partial charge in [-0.1, -0.05) is 18.2 Å². The zero-order valence-electron chi connectivity index (χ0n) is 12.0. The summed E-state index contributed by atoms with van der Waals surface area (Å²) in [6.45, 7) is 0.183. The number of hydrogen-bond acceptors (Lipinski definition) is 3.